The number of hydrogen-bond donors (Lipinski definition) is 7. The molecule has 0 aliphatic carbocycles. The number of aliphatic carboxylic acids is 1. The van der Waals surface area contributed by atoms with Crippen molar-refractivity contribution in [3.63, 3.8) is 0 Å². The molecular formula is C27H40N6O6. The van der Waals surface area contributed by atoms with Crippen molar-refractivity contribution < 1.29 is 29.4 Å². The summed E-state index contributed by atoms with van der Waals surface area (Å²) in [6, 6.07) is 2.12. The summed E-state index contributed by atoms with van der Waals surface area (Å²) in [5, 5.41) is 27.0. The van der Waals surface area contributed by atoms with E-state index >= 15 is 0 Å². The second-order valence-electron chi connectivity index (χ2n) is 10.2. The number of hydrogen-bond acceptors (Lipinski definition) is 7. The lowest BCUT2D eigenvalue weighted by molar-refractivity contribution is -0.143. The highest BCUT2D eigenvalue weighted by atomic mass is 16.4. The lowest BCUT2D eigenvalue weighted by Crippen LogP contribution is -2.58. The van der Waals surface area contributed by atoms with Crippen molar-refractivity contribution in [3.05, 3.63) is 48.0 Å². The van der Waals surface area contributed by atoms with Crippen molar-refractivity contribution >= 4 is 23.7 Å². The zero-order valence-corrected chi connectivity index (χ0v) is 22.8. The molecule has 0 aliphatic rings. The number of aromatic hydroxyl groups is 1. The zero-order valence-electron chi connectivity index (χ0n) is 22.8. The Hall–Kier alpha value is -3.93. The fourth-order valence-electron chi connectivity index (χ4n) is 4.00. The SMILES string of the molecule is CCC(C)C(NC(=O)C(Cc1cnc[nH]1)NC(=O)C(CC(C)C)NC(=O)C(N)Cc1ccc(O)cc1)C(=O)O. The van der Waals surface area contributed by atoms with Crippen LogP contribution in [0.4, 0.5) is 0 Å². The van der Waals surface area contributed by atoms with Gasteiger partial charge in [0.2, 0.25) is 17.7 Å². The number of nitrogens with one attached hydrogen (secondary N) is 4. The van der Waals surface area contributed by atoms with Crippen LogP contribution in [-0.2, 0) is 32.0 Å². The Bertz CT molecular complexity index is 1090. The smallest absolute Gasteiger partial charge is 0.326 e. The van der Waals surface area contributed by atoms with Gasteiger partial charge in [-0.1, -0.05) is 46.2 Å². The lowest BCUT2D eigenvalue weighted by Gasteiger charge is -2.27. The molecule has 0 radical (unpaired) electrons. The van der Waals surface area contributed by atoms with Crippen LogP contribution in [0.3, 0.4) is 0 Å². The van der Waals surface area contributed by atoms with E-state index in [1.807, 2.05) is 20.8 Å². The van der Waals surface area contributed by atoms with Crippen LogP contribution in [0.25, 0.3) is 0 Å². The van der Waals surface area contributed by atoms with Gasteiger partial charge in [-0.15, -0.1) is 0 Å². The van der Waals surface area contributed by atoms with E-state index in [9.17, 15) is 29.4 Å². The standard InChI is InChI=1S/C27H40N6O6/c1-5-16(4)23(27(38)39)33-26(37)22(12-18-13-29-14-30-18)32-25(36)21(10-15(2)3)31-24(35)20(28)11-17-6-8-19(34)9-7-17/h6-9,13-16,20-23,34H,5,10-12,28H2,1-4H3,(H,29,30)(H,31,35)(H,32,36)(H,33,37)(H,38,39). The highest BCUT2D eigenvalue weighted by molar-refractivity contribution is 5.94. The van der Waals surface area contributed by atoms with E-state index in [1.165, 1.54) is 24.7 Å². The van der Waals surface area contributed by atoms with E-state index in [0.717, 1.165) is 5.56 Å². The third-order valence-corrected chi connectivity index (χ3v) is 6.46. The molecule has 3 amide bonds. The van der Waals surface area contributed by atoms with Crippen LogP contribution in [0.5, 0.6) is 5.75 Å². The molecule has 2 rings (SSSR count). The summed E-state index contributed by atoms with van der Waals surface area (Å²) in [4.78, 5) is 58.0. The monoisotopic (exact) mass is 544 g/mol. The Balaban J connectivity index is 2.18. The van der Waals surface area contributed by atoms with E-state index in [0.29, 0.717) is 12.1 Å². The first-order valence-electron chi connectivity index (χ1n) is 13.1. The molecule has 1 aromatic heterocycles. The van der Waals surface area contributed by atoms with Gasteiger partial charge in [-0.3, -0.25) is 14.4 Å². The highest BCUT2D eigenvalue weighted by Crippen LogP contribution is 2.13. The van der Waals surface area contributed by atoms with Gasteiger partial charge in [0, 0.05) is 18.3 Å². The summed E-state index contributed by atoms with van der Waals surface area (Å²) >= 11 is 0. The predicted molar refractivity (Wildman–Crippen MR) is 144 cm³/mol. The Morgan fingerprint density at radius 2 is 1.56 bits per heavy atom. The number of nitrogens with zero attached hydrogens (tertiary/aromatic N) is 1. The van der Waals surface area contributed by atoms with Crippen LogP contribution in [-0.4, -0.2) is 68.0 Å². The average Bonchev–Trinajstić information content (AvgIpc) is 3.39. The van der Waals surface area contributed by atoms with Crippen LogP contribution >= 0.6 is 0 Å². The van der Waals surface area contributed by atoms with Crippen LogP contribution in [0.2, 0.25) is 0 Å². The van der Waals surface area contributed by atoms with Gasteiger partial charge in [-0.2, -0.15) is 0 Å². The Morgan fingerprint density at radius 3 is 2.10 bits per heavy atom. The van der Waals surface area contributed by atoms with Crippen molar-refractivity contribution in [2.45, 2.75) is 77.5 Å². The maximum atomic E-state index is 13.4. The average molecular weight is 545 g/mol. The number of aromatic amines is 1. The van der Waals surface area contributed by atoms with Crippen molar-refractivity contribution in [3.8, 4) is 5.75 Å². The number of nitrogens with two attached hydrogens (primary N) is 1. The van der Waals surface area contributed by atoms with E-state index in [2.05, 4.69) is 25.9 Å². The Kier molecular flexibility index (Phi) is 11.9. The second kappa shape index (κ2) is 14.9. The lowest BCUT2D eigenvalue weighted by atomic mass is 9.98. The van der Waals surface area contributed by atoms with Gasteiger partial charge >= 0.3 is 5.97 Å². The van der Waals surface area contributed by atoms with Crippen molar-refractivity contribution in [1.82, 2.24) is 25.9 Å². The van der Waals surface area contributed by atoms with Crippen molar-refractivity contribution in [2.24, 2.45) is 17.6 Å². The van der Waals surface area contributed by atoms with Crippen LogP contribution in [0.1, 0.15) is 51.8 Å². The molecule has 214 valence electrons. The fourth-order valence-corrected chi connectivity index (χ4v) is 4.00. The summed E-state index contributed by atoms with van der Waals surface area (Å²) in [5.74, 6) is -3.18. The number of carboxylic acid groups (broad SMARTS) is 1. The number of rotatable bonds is 15. The minimum absolute atomic E-state index is 0.0241. The summed E-state index contributed by atoms with van der Waals surface area (Å²) < 4.78 is 0. The molecule has 0 fully saturated rings. The van der Waals surface area contributed by atoms with Crippen LogP contribution < -0.4 is 21.7 Å². The number of H-pyrrole nitrogens is 1. The van der Waals surface area contributed by atoms with Gasteiger partial charge in [-0.05, 0) is 42.4 Å². The largest absolute Gasteiger partial charge is 0.508 e. The molecule has 5 atom stereocenters. The van der Waals surface area contributed by atoms with Crippen LogP contribution in [0.15, 0.2) is 36.8 Å². The molecule has 12 heteroatoms. The molecule has 0 bridgehead atoms. The normalized spacial score (nSPS) is 15.0. The van der Waals surface area contributed by atoms with Crippen LogP contribution in [0, 0.1) is 11.8 Å². The molecule has 0 saturated carbocycles. The molecule has 1 heterocycles. The molecule has 0 saturated heterocycles. The maximum Gasteiger partial charge on any atom is 0.326 e. The number of amides is 3. The molecule has 2 aromatic rings. The second-order valence-corrected chi connectivity index (χ2v) is 10.2. The first-order valence-corrected chi connectivity index (χ1v) is 13.1. The molecule has 0 spiro atoms. The van der Waals surface area contributed by atoms with Gasteiger partial charge in [0.05, 0.1) is 12.4 Å². The molecule has 1 aromatic carbocycles. The molecule has 5 unspecified atom stereocenters. The summed E-state index contributed by atoms with van der Waals surface area (Å²) in [5.41, 5.74) is 7.40. The van der Waals surface area contributed by atoms with E-state index in [-0.39, 0.29) is 36.8 Å². The number of carbonyl (C=O) groups excluding carboxylic acids is 3. The van der Waals surface area contributed by atoms with E-state index in [1.54, 1.807) is 19.1 Å². The van der Waals surface area contributed by atoms with Gasteiger partial charge in [0.15, 0.2) is 0 Å². The molecule has 39 heavy (non-hydrogen) atoms. The third kappa shape index (κ3) is 10.0. The Labute approximate surface area is 228 Å². The summed E-state index contributed by atoms with van der Waals surface area (Å²) in [6.07, 6.45) is 3.98. The number of carbonyl (C=O) groups is 4. The topological polar surface area (TPSA) is 200 Å². The molecule has 8 N–H and O–H groups in total. The fraction of sp³-hybridized carbons (Fsp3) is 0.519. The van der Waals surface area contributed by atoms with E-state index < -0.39 is 47.9 Å². The van der Waals surface area contributed by atoms with E-state index in [4.69, 9.17) is 5.73 Å². The first-order chi connectivity index (χ1) is 18.4. The predicted octanol–water partition coefficient (Wildman–Crippen LogP) is 0.859. The Morgan fingerprint density at radius 1 is 0.949 bits per heavy atom. The number of aromatic nitrogens is 2. The van der Waals surface area contributed by atoms with Gasteiger partial charge in [0.1, 0.15) is 23.9 Å². The third-order valence-electron chi connectivity index (χ3n) is 6.46. The molecular weight excluding hydrogens is 504 g/mol. The molecule has 12 nitrogen and oxygen atoms in total. The number of imidazole rings is 1. The van der Waals surface area contributed by atoms with Gasteiger partial charge < -0.3 is 36.9 Å². The van der Waals surface area contributed by atoms with Crippen molar-refractivity contribution in [2.75, 3.05) is 0 Å². The maximum absolute atomic E-state index is 13.4. The first kappa shape index (κ1) is 31.3. The summed E-state index contributed by atoms with van der Waals surface area (Å²) in [6.45, 7) is 7.32. The zero-order chi connectivity index (χ0) is 29.1. The molecule has 0 aliphatic heterocycles. The number of phenols is 1. The minimum atomic E-state index is -1.17. The number of carboxylic acids is 1. The number of phenolic OH excluding ortho intramolecular Hbond substituents is 1. The number of benzene rings is 1. The minimum Gasteiger partial charge on any atom is -0.508 e. The summed E-state index contributed by atoms with van der Waals surface area (Å²) in [7, 11) is 0. The van der Waals surface area contributed by atoms with Crippen molar-refractivity contribution in [1.29, 1.82) is 0 Å². The van der Waals surface area contributed by atoms with Gasteiger partial charge in [-0.25, -0.2) is 9.78 Å². The highest BCUT2D eigenvalue weighted by Gasteiger charge is 2.32. The quantitative estimate of drug-likeness (QED) is 0.171. The van der Waals surface area contributed by atoms with Gasteiger partial charge in [0.25, 0.3) is 0 Å².